The second kappa shape index (κ2) is 11.9. The number of benzene rings is 4. The van der Waals surface area contributed by atoms with Gasteiger partial charge in [0.15, 0.2) is 0 Å². The van der Waals surface area contributed by atoms with Gasteiger partial charge in [-0.1, -0.05) is 48.5 Å². The highest BCUT2D eigenvalue weighted by atomic mass is 16.5. The summed E-state index contributed by atoms with van der Waals surface area (Å²) in [7, 11) is 6.63. The summed E-state index contributed by atoms with van der Waals surface area (Å²) < 4.78 is 21.7. The number of fused-ring (bicyclic) bond motifs is 2. The van der Waals surface area contributed by atoms with Crippen LogP contribution in [0.15, 0.2) is 97.1 Å². The number of ketones is 1. The Morgan fingerprint density at radius 3 is 0.810 bits per heavy atom. The van der Waals surface area contributed by atoms with E-state index < -0.39 is 0 Å². The Labute approximate surface area is 246 Å². The van der Waals surface area contributed by atoms with Gasteiger partial charge in [-0.15, -0.1) is 0 Å². The fourth-order valence-electron chi connectivity index (χ4n) is 6.52. The first kappa shape index (κ1) is 27.8. The standard InChI is InChI=1S/C35H36N2O5/c1-39-25-13-5-21(6-14-25)31-29-32(22-7-15-26(40-2)16-8-22)37-34(24-11-19-28(42-4)20-12-24)30(35(29)38)33(36-31)23-9-17-27(41-3)18-10-23/h5-20,29-34,36-37H,1-4H3/t29?,30?,31-,32+,33+,34-. The monoisotopic (exact) mass is 564 g/mol. The van der Waals surface area contributed by atoms with E-state index in [1.54, 1.807) is 28.4 Å². The maximum Gasteiger partial charge on any atom is 0.146 e. The largest absolute Gasteiger partial charge is 0.497 e. The molecule has 2 aliphatic rings. The molecule has 0 amide bonds. The van der Waals surface area contributed by atoms with Crippen LogP contribution in [0.2, 0.25) is 0 Å². The smallest absolute Gasteiger partial charge is 0.146 e. The second-order valence-corrected chi connectivity index (χ2v) is 10.8. The van der Waals surface area contributed by atoms with Gasteiger partial charge >= 0.3 is 0 Å². The first-order valence-corrected chi connectivity index (χ1v) is 14.2. The average Bonchev–Trinajstić information content (AvgIpc) is 3.05. The molecule has 2 saturated heterocycles. The number of hydrogen-bond acceptors (Lipinski definition) is 7. The van der Waals surface area contributed by atoms with Gasteiger partial charge in [0.25, 0.3) is 0 Å². The van der Waals surface area contributed by atoms with E-state index in [9.17, 15) is 4.79 Å². The number of carbonyl (C=O) groups is 1. The maximum atomic E-state index is 14.9. The van der Waals surface area contributed by atoms with Gasteiger partial charge in [0.05, 0.1) is 40.3 Å². The van der Waals surface area contributed by atoms with Crippen LogP contribution in [0.1, 0.15) is 46.4 Å². The van der Waals surface area contributed by atoms with Crippen LogP contribution in [-0.2, 0) is 4.79 Å². The number of Topliss-reactive ketones (excluding diaryl/α,β-unsaturated/α-hetero) is 1. The fraction of sp³-hybridized carbons (Fsp3) is 0.286. The number of piperidine rings is 2. The zero-order valence-corrected chi connectivity index (χ0v) is 24.2. The van der Waals surface area contributed by atoms with Crippen LogP contribution in [0, 0.1) is 11.8 Å². The van der Waals surface area contributed by atoms with Crippen LogP contribution in [0.3, 0.4) is 0 Å². The average molecular weight is 565 g/mol. The molecule has 2 heterocycles. The van der Waals surface area contributed by atoms with Crippen LogP contribution >= 0.6 is 0 Å². The predicted octanol–water partition coefficient (Wildman–Crippen LogP) is 5.99. The van der Waals surface area contributed by atoms with E-state index in [0.717, 1.165) is 45.3 Å². The molecule has 0 aromatic heterocycles. The predicted molar refractivity (Wildman–Crippen MR) is 161 cm³/mol. The Kier molecular flexibility index (Phi) is 7.87. The second-order valence-electron chi connectivity index (χ2n) is 10.8. The molecule has 2 bridgehead atoms. The van der Waals surface area contributed by atoms with E-state index in [1.165, 1.54) is 0 Å². The van der Waals surface area contributed by atoms with Crippen molar-refractivity contribution in [2.75, 3.05) is 28.4 Å². The van der Waals surface area contributed by atoms with Crippen molar-refractivity contribution in [3.63, 3.8) is 0 Å². The molecule has 2 aliphatic heterocycles. The maximum absolute atomic E-state index is 14.9. The van der Waals surface area contributed by atoms with Crippen molar-refractivity contribution < 1.29 is 23.7 Å². The van der Waals surface area contributed by atoms with Crippen molar-refractivity contribution in [2.45, 2.75) is 24.2 Å². The van der Waals surface area contributed by atoms with Gasteiger partial charge in [0.1, 0.15) is 28.8 Å². The number of carbonyl (C=O) groups excluding carboxylic acids is 1. The van der Waals surface area contributed by atoms with Crippen molar-refractivity contribution >= 4 is 5.78 Å². The summed E-state index contributed by atoms with van der Waals surface area (Å²) in [5.74, 6) is 2.64. The van der Waals surface area contributed by atoms with Gasteiger partial charge in [-0.2, -0.15) is 0 Å². The minimum atomic E-state index is -0.346. The molecule has 0 saturated carbocycles. The molecule has 0 radical (unpaired) electrons. The first-order valence-electron chi connectivity index (χ1n) is 14.2. The number of methoxy groups -OCH3 is 4. The van der Waals surface area contributed by atoms with Gasteiger partial charge in [0, 0.05) is 24.2 Å². The lowest BCUT2D eigenvalue weighted by molar-refractivity contribution is -0.139. The van der Waals surface area contributed by atoms with E-state index in [2.05, 4.69) is 59.2 Å². The minimum absolute atomic E-state index is 0.232. The highest BCUT2D eigenvalue weighted by Gasteiger charge is 2.55. The number of hydrogen-bond donors (Lipinski definition) is 2. The Bertz CT molecular complexity index is 1280. The van der Waals surface area contributed by atoms with Crippen LogP contribution in [0.25, 0.3) is 0 Å². The molecule has 2 fully saturated rings. The normalized spacial score (nSPS) is 25.0. The molecular formula is C35H36N2O5. The third-order valence-corrected chi connectivity index (χ3v) is 8.71. The van der Waals surface area contributed by atoms with Crippen molar-refractivity contribution in [3.8, 4) is 23.0 Å². The van der Waals surface area contributed by atoms with E-state index in [0.29, 0.717) is 0 Å². The summed E-state index contributed by atoms with van der Waals surface area (Å²) in [6.45, 7) is 0. The molecule has 2 N–H and O–H groups in total. The lowest BCUT2D eigenvalue weighted by Gasteiger charge is -2.52. The Hall–Kier alpha value is -4.33. The summed E-state index contributed by atoms with van der Waals surface area (Å²) in [6.07, 6.45) is 0. The van der Waals surface area contributed by atoms with Gasteiger partial charge in [-0.05, 0) is 70.8 Å². The summed E-state index contributed by atoms with van der Waals surface area (Å²) in [6, 6.07) is 31.1. The molecule has 7 nitrogen and oxygen atoms in total. The van der Waals surface area contributed by atoms with Gasteiger partial charge in [0.2, 0.25) is 0 Å². The van der Waals surface area contributed by atoms with Crippen LogP contribution in [-0.4, -0.2) is 34.2 Å². The molecule has 0 spiro atoms. The summed E-state index contributed by atoms with van der Waals surface area (Å²) in [5.41, 5.74) is 4.15. The van der Waals surface area contributed by atoms with Crippen LogP contribution < -0.4 is 29.6 Å². The lowest BCUT2D eigenvalue weighted by atomic mass is 9.64. The highest BCUT2D eigenvalue weighted by molar-refractivity contribution is 5.89. The van der Waals surface area contributed by atoms with E-state index in [-0.39, 0.29) is 41.8 Å². The SMILES string of the molecule is COc1ccc([C@H]2N[C@@H](c3ccc(OC)cc3)C3C(=O)C2[C@H](c2ccc(OC)cc2)N[C@@H]3c2ccc(OC)cc2)cc1. The zero-order valence-electron chi connectivity index (χ0n) is 24.2. The lowest BCUT2D eigenvalue weighted by Crippen LogP contribution is -2.60. The fourth-order valence-corrected chi connectivity index (χ4v) is 6.52. The van der Waals surface area contributed by atoms with Gasteiger partial charge in [-0.25, -0.2) is 0 Å². The third kappa shape index (κ3) is 5.10. The summed E-state index contributed by atoms with van der Waals surface area (Å²) in [4.78, 5) is 14.9. The molecule has 0 aliphatic carbocycles. The molecule has 4 aromatic rings. The number of nitrogens with one attached hydrogen (secondary N) is 2. The third-order valence-electron chi connectivity index (χ3n) is 8.71. The molecule has 6 rings (SSSR count). The molecule has 216 valence electrons. The van der Waals surface area contributed by atoms with E-state index in [4.69, 9.17) is 18.9 Å². The van der Waals surface area contributed by atoms with Crippen LogP contribution in [0.5, 0.6) is 23.0 Å². The molecule has 42 heavy (non-hydrogen) atoms. The summed E-state index contributed by atoms with van der Waals surface area (Å²) in [5, 5.41) is 7.89. The van der Waals surface area contributed by atoms with E-state index >= 15 is 0 Å². The highest BCUT2D eigenvalue weighted by Crippen LogP contribution is 2.52. The van der Waals surface area contributed by atoms with E-state index in [1.807, 2.05) is 48.5 Å². The van der Waals surface area contributed by atoms with Crippen molar-refractivity contribution in [2.24, 2.45) is 11.8 Å². The summed E-state index contributed by atoms with van der Waals surface area (Å²) >= 11 is 0. The molecule has 2 unspecified atom stereocenters. The van der Waals surface area contributed by atoms with Crippen LogP contribution in [0.4, 0.5) is 0 Å². The first-order chi connectivity index (χ1) is 20.5. The Morgan fingerprint density at radius 1 is 0.405 bits per heavy atom. The van der Waals surface area contributed by atoms with Crippen molar-refractivity contribution in [1.29, 1.82) is 0 Å². The Balaban J connectivity index is 1.49. The zero-order chi connectivity index (χ0) is 29.2. The quantitative estimate of drug-likeness (QED) is 0.272. The Morgan fingerprint density at radius 2 is 0.619 bits per heavy atom. The number of rotatable bonds is 8. The molecule has 4 aromatic carbocycles. The molecular weight excluding hydrogens is 528 g/mol. The van der Waals surface area contributed by atoms with Gasteiger partial charge in [-0.3, -0.25) is 4.79 Å². The minimum Gasteiger partial charge on any atom is -0.497 e. The molecule has 6 atom stereocenters. The van der Waals surface area contributed by atoms with Gasteiger partial charge < -0.3 is 29.6 Å². The topological polar surface area (TPSA) is 78.1 Å². The van der Waals surface area contributed by atoms with Crippen molar-refractivity contribution in [1.82, 2.24) is 10.6 Å². The molecule has 7 heteroatoms. The van der Waals surface area contributed by atoms with Crippen molar-refractivity contribution in [3.05, 3.63) is 119 Å². The number of ether oxygens (including phenoxy) is 4.